The summed E-state index contributed by atoms with van der Waals surface area (Å²) in [6.07, 6.45) is 3.16. The smallest absolute Gasteiger partial charge is 0.322 e. The molecule has 0 aliphatic heterocycles. The van der Waals surface area contributed by atoms with E-state index in [0.29, 0.717) is 34.1 Å². The van der Waals surface area contributed by atoms with Crippen molar-refractivity contribution in [3.8, 4) is 34.4 Å². The van der Waals surface area contributed by atoms with Crippen LogP contribution in [-0.2, 0) is 0 Å². The number of rotatable bonds is 5. The third-order valence-electron chi connectivity index (χ3n) is 4.64. The van der Waals surface area contributed by atoms with Crippen LogP contribution >= 0.6 is 0 Å². The Labute approximate surface area is 181 Å². The van der Waals surface area contributed by atoms with Crippen molar-refractivity contribution in [1.82, 2.24) is 29.9 Å². The normalized spacial score (nSPS) is 10.8. The number of nitrogens with zero attached hydrogens (tertiary/aromatic N) is 5. The maximum absolute atomic E-state index is 13.5. The number of halogens is 1. The standard InChI is InChI=1S/C23H15FN6O2/c24-16-10-8-15(9-11-16)20-21(30(29-28-20)22(31)19-7-4-13-25-19)18-12-14-26-23(27-18)32-17-5-2-1-3-6-17/h1-14,25H. The van der Waals surface area contributed by atoms with E-state index in [2.05, 4.69) is 25.3 Å². The number of ether oxygens (including phenoxy) is 1. The fourth-order valence-electron chi connectivity index (χ4n) is 3.15. The summed E-state index contributed by atoms with van der Waals surface area (Å²) in [6, 6.07) is 19.9. The van der Waals surface area contributed by atoms with Crippen molar-refractivity contribution in [3.05, 3.63) is 96.7 Å². The van der Waals surface area contributed by atoms with E-state index in [-0.39, 0.29) is 11.8 Å². The fraction of sp³-hybridized carbons (Fsp3) is 0. The highest BCUT2D eigenvalue weighted by molar-refractivity contribution is 5.97. The van der Waals surface area contributed by atoms with E-state index < -0.39 is 5.91 Å². The molecule has 0 spiro atoms. The molecule has 2 aromatic carbocycles. The molecule has 3 aromatic heterocycles. The minimum atomic E-state index is -0.421. The first-order valence-electron chi connectivity index (χ1n) is 9.65. The van der Waals surface area contributed by atoms with Gasteiger partial charge in [-0.05, 0) is 54.6 Å². The molecule has 9 heteroatoms. The van der Waals surface area contributed by atoms with Gasteiger partial charge in [0, 0.05) is 18.0 Å². The molecule has 0 saturated carbocycles. The second-order valence-corrected chi connectivity index (χ2v) is 6.73. The molecule has 8 nitrogen and oxygen atoms in total. The second kappa shape index (κ2) is 8.23. The molecule has 0 bridgehead atoms. The zero-order valence-corrected chi connectivity index (χ0v) is 16.5. The van der Waals surface area contributed by atoms with Gasteiger partial charge in [-0.1, -0.05) is 23.4 Å². The average Bonchev–Trinajstić information content (AvgIpc) is 3.51. The first-order chi connectivity index (χ1) is 15.7. The highest BCUT2D eigenvalue weighted by Gasteiger charge is 2.24. The molecular formula is C23H15FN6O2. The molecule has 0 fully saturated rings. The molecule has 32 heavy (non-hydrogen) atoms. The van der Waals surface area contributed by atoms with Crippen LogP contribution in [0.1, 0.15) is 10.5 Å². The molecule has 5 aromatic rings. The molecule has 0 radical (unpaired) electrons. The van der Waals surface area contributed by atoms with Crippen LogP contribution in [-0.4, -0.2) is 35.9 Å². The van der Waals surface area contributed by atoms with E-state index in [4.69, 9.17) is 4.74 Å². The molecule has 5 rings (SSSR count). The summed E-state index contributed by atoms with van der Waals surface area (Å²) in [4.78, 5) is 24.6. The van der Waals surface area contributed by atoms with Crippen molar-refractivity contribution >= 4 is 5.91 Å². The fourth-order valence-corrected chi connectivity index (χ4v) is 3.15. The Morgan fingerprint density at radius 1 is 0.969 bits per heavy atom. The summed E-state index contributed by atoms with van der Waals surface area (Å²) in [6.45, 7) is 0. The minimum absolute atomic E-state index is 0.0961. The Morgan fingerprint density at radius 2 is 1.78 bits per heavy atom. The number of benzene rings is 2. The van der Waals surface area contributed by atoms with Gasteiger partial charge in [0.25, 0.3) is 5.91 Å². The predicted octanol–water partition coefficient (Wildman–Crippen LogP) is 4.35. The Bertz CT molecular complexity index is 1370. The zero-order valence-electron chi connectivity index (χ0n) is 16.5. The molecule has 0 aliphatic rings. The van der Waals surface area contributed by atoms with E-state index in [1.807, 2.05) is 18.2 Å². The van der Waals surface area contributed by atoms with Crippen molar-refractivity contribution < 1.29 is 13.9 Å². The number of para-hydroxylation sites is 1. The van der Waals surface area contributed by atoms with Crippen LogP contribution in [0.3, 0.4) is 0 Å². The van der Waals surface area contributed by atoms with Crippen molar-refractivity contribution in [2.24, 2.45) is 0 Å². The first kappa shape index (κ1) is 19.3. The molecule has 0 unspecified atom stereocenters. The van der Waals surface area contributed by atoms with Crippen LogP contribution in [0.5, 0.6) is 11.8 Å². The molecule has 0 saturated heterocycles. The maximum atomic E-state index is 13.5. The van der Waals surface area contributed by atoms with Crippen molar-refractivity contribution in [3.63, 3.8) is 0 Å². The van der Waals surface area contributed by atoms with Crippen LogP contribution in [0.25, 0.3) is 22.6 Å². The summed E-state index contributed by atoms with van der Waals surface area (Å²) in [7, 11) is 0. The lowest BCUT2D eigenvalue weighted by atomic mass is 10.1. The zero-order chi connectivity index (χ0) is 21.9. The number of aromatic nitrogens is 6. The summed E-state index contributed by atoms with van der Waals surface area (Å²) in [5.41, 5.74) is 1.98. The average molecular weight is 426 g/mol. The van der Waals surface area contributed by atoms with Gasteiger partial charge in [-0.25, -0.2) is 9.37 Å². The Morgan fingerprint density at radius 3 is 2.53 bits per heavy atom. The van der Waals surface area contributed by atoms with Gasteiger partial charge in [-0.3, -0.25) is 4.79 Å². The van der Waals surface area contributed by atoms with Gasteiger partial charge >= 0.3 is 6.01 Å². The Hall–Kier alpha value is -4.66. The van der Waals surface area contributed by atoms with Crippen LogP contribution in [0.2, 0.25) is 0 Å². The third kappa shape index (κ3) is 3.74. The quantitative estimate of drug-likeness (QED) is 0.449. The second-order valence-electron chi connectivity index (χ2n) is 6.73. The molecule has 1 N–H and O–H groups in total. The molecule has 0 aliphatic carbocycles. The monoisotopic (exact) mass is 426 g/mol. The van der Waals surface area contributed by atoms with Crippen LogP contribution < -0.4 is 4.74 Å². The summed E-state index contributed by atoms with van der Waals surface area (Å²) in [5.74, 6) is -0.238. The number of H-pyrrole nitrogens is 1. The molecule has 0 atom stereocenters. The maximum Gasteiger partial charge on any atom is 0.322 e. The molecule has 156 valence electrons. The number of hydrogen-bond donors (Lipinski definition) is 1. The topological polar surface area (TPSA) is 98.6 Å². The third-order valence-corrected chi connectivity index (χ3v) is 4.64. The van der Waals surface area contributed by atoms with Crippen LogP contribution in [0.4, 0.5) is 4.39 Å². The highest BCUT2D eigenvalue weighted by Crippen LogP contribution is 2.31. The van der Waals surface area contributed by atoms with E-state index in [0.717, 1.165) is 4.68 Å². The highest BCUT2D eigenvalue weighted by atomic mass is 19.1. The summed E-state index contributed by atoms with van der Waals surface area (Å²) in [5, 5.41) is 8.25. The van der Waals surface area contributed by atoms with Gasteiger partial charge in [-0.2, -0.15) is 9.67 Å². The van der Waals surface area contributed by atoms with Crippen LogP contribution in [0, 0.1) is 5.82 Å². The van der Waals surface area contributed by atoms with E-state index in [1.165, 1.54) is 18.3 Å². The number of hydrogen-bond acceptors (Lipinski definition) is 6. The van der Waals surface area contributed by atoms with Gasteiger partial charge in [0.2, 0.25) is 0 Å². The van der Waals surface area contributed by atoms with E-state index in [9.17, 15) is 9.18 Å². The lowest BCUT2D eigenvalue weighted by Crippen LogP contribution is -2.16. The van der Waals surface area contributed by atoms with Gasteiger partial charge in [0.1, 0.15) is 28.6 Å². The SMILES string of the molecule is O=C(c1ccc[nH]1)n1nnc(-c2ccc(F)cc2)c1-c1ccnc(Oc2ccccc2)n1. The van der Waals surface area contributed by atoms with Gasteiger partial charge < -0.3 is 9.72 Å². The van der Waals surface area contributed by atoms with Crippen molar-refractivity contribution in [2.75, 3.05) is 0 Å². The lowest BCUT2D eigenvalue weighted by Gasteiger charge is -2.08. The summed E-state index contributed by atoms with van der Waals surface area (Å²) >= 11 is 0. The first-order valence-corrected chi connectivity index (χ1v) is 9.65. The molecule has 3 heterocycles. The summed E-state index contributed by atoms with van der Waals surface area (Å²) < 4.78 is 20.4. The molecule has 0 amide bonds. The predicted molar refractivity (Wildman–Crippen MR) is 113 cm³/mol. The van der Waals surface area contributed by atoms with Crippen LogP contribution in [0.15, 0.2) is 85.2 Å². The number of carbonyl (C=O) groups is 1. The number of aromatic amines is 1. The van der Waals surface area contributed by atoms with Gasteiger partial charge in [0.15, 0.2) is 0 Å². The van der Waals surface area contributed by atoms with Gasteiger partial charge in [0.05, 0.1) is 5.69 Å². The van der Waals surface area contributed by atoms with Gasteiger partial charge in [-0.15, -0.1) is 5.10 Å². The van der Waals surface area contributed by atoms with E-state index >= 15 is 0 Å². The minimum Gasteiger partial charge on any atom is -0.424 e. The largest absolute Gasteiger partial charge is 0.424 e. The lowest BCUT2D eigenvalue weighted by molar-refractivity contribution is 0.0940. The van der Waals surface area contributed by atoms with E-state index in [1.54, 1.807) is 48.7 Å². The Balaban J connectivity index is 1.63. The number of nitrogens with one attached hydrogen (secondary N) is 1. The Kier molecular flexibility index (Phi) is 4.97. The van der Waals surface area contributed by atoms with Crippen molar-refractivity contribution in [2.45, 2.75) is 0 Å². The molecular weight excluding hydrogens is 411 g/mol. The number of carbonyl (C=O) groups excluding carboxylic acids is 1. The van der Waals surface area contributed by atoms with Crippen molar-refractivity contribution in [1.29, 1.82) is 0 Å².